The van der Waals surface area contributed by atoms with Crippen molar-refractivity contribution in [2.24, 2.45) is 11.0 Å². The summed E-state index contributed by atoms with van der Waals surface area (Å²) in [5.41, 5.74) is 5.26. The van der Waals surface area contributed by atoms with Crippen LogP contribution in [0.15, 0.2) is 88.4 Å². The van der Waals surface area contributed by atoms with E-state index in [1.54, 1.807) is 11.1 Å². The number of halogens is 1. The van der Waals surface area contributed by atoms with Gasteiger partial charge in [0.1, 0.15) is 12.4 Å². The lowest BCUT2D eigenvalue weighted by Crippen LogP contribution is -2.30. The van der Waals surface area contributed by atoms with Crippen molar-refractivity contribution >= 4 is 39.6 Å². The molecule has 1 fully saturated rings. The van der Waals surface area contributed by atoms with Crippen molar-refractivity contribution in [3.63, 3.8) is 0 Å². The van der Waals surface area contributed by atoms with Gasteiger partial charge in [0.2, 0.25) is 11.8 Å². The Labute approximate surface area is 195 Å². The summed E-state index contributed by atoms with van der Waals surface area (Å²) in [4.78, 5) is 26.4. The molecule has 162 valence electrons. The molecule has 0 saturated carbocycles. The lowest BCUT2D eigenvalue weighted by molar-refractivity contribution is -0.126. The molecule has 1 aliphatic rings. The molecule has 0 bridgehead atoms. The van der Waals surface area contributed by atoms with Crippen molar-refractivity contribution < 1.29 is 14.3 Å². The van der Waals surface area contributed by atoms with Crippen LogP contribution in [0, 0.1) is 5.92 Å². The Morgan fingerprint density at radius 2 is 1.78 bits per heavy atom. The van der Waals surface area contributed by atoms with Gasteiger partial charge in [-0.15, -0.1) is 0 Å². The Morgan fingerprint density at radius 1 is 1.06 bits per heavy atom. The lowest BCUT2D eigenvalue weighted by Gasteiger charge is -2.16. The van der Waals surface area contributed by atoms with E-state index in [9.17, 15) is 9.59 Å². The standard InChI is InChI=1S/C25H22BrN3O3/c26-21-8-10-22(11-9-21)29-16-20(14-24(29)30)25(31)28-27-15-18-6-12-23(13-7-18)32-17-19-4-2-1-3-5-19/h1-13,15,20H,14,16-17H2,(H,28,31)/b27-15-/t20-/m1/s1. The average Bonchev–Trinajstić information content (AvgIpc) is 3.21. The average molecular weight is 492 g/mol. The predicted octanol–water partition coefficient (Wildman–Crippen LogP) is 4.53. The maximum atomic E-state index is 12.5. The predicted molar refractivity (Wildman–Crippen MR) is 128 cm³/mol. The van der Waals surface area contributed by atoms with Crippen molar-refractivity contribution in [2.75, 3.05) is 11.4 Å². The van der Waals surface area contributed by atoms with E-state index in [1.807, 2.05) is 78.9 Å². The largest absolute Gasteiger partial charge is 0.489 e. The molecule has 0 aliphatic carbocycles. The molecule has 1 N–H and O–H groups in total. The Bertz CT molecular complexity index is 1100. The zero-order chi connectivity index (χ0) is 22.3. The topological polar surface area (TPSA) is 71.0 Å². The van der Waals surface area contributed by atoms with Gasteiger partial charge in [0, 0.05) is 23.1 Å². The van der Waals surface area contributed by atoms with Crippen LogP contribution in [0.5, 0.6) is 5.75 Å². The fourth-order valence-corrected chi connectivity index (χ4v) is 3.67. The summed E-state index contributed by atoms with van der Waals surface area (Å²) in [6, 6.07) is 24.9. The molecule has 1 saturated heterocycles. The molecule has 0 spiro atoms. The number of carbonyl (C=O) groups excluding carboxylic acids is 2. The van der Waals surface area contributed by atoms with Gasteiger partial charge in [0.05, 0.1) is 12.1 Å². The zero-order valence-corrected chi connectivity index (χ0v) is 18.9. The minimum atomic E-state index is -0.433. The smallest absolute Gasteiger partial charge is 0.245 e. The van der Waals surface area contributed by atoms with E-state index < -0.39 is 5.92 Å². The maximum Gasteiger partial charge on any atom is 0.245 e. The number of hydrogen-bond acceptors (Lipinski definition) is 4. The minimum Gasteiger partial charge on any atom is -0.489 e. The number of benzene rings is 3. The monoisotopic (exact) mass is 491 g/mol. The molecule has 7 heteroatoms. The summed E-state index contributed by atoms with van der Waals surface area (Å²) >= 11 is 3.38. The SMILES string of the molecule is O=C(N/N=C\c1ccc(OCc2ccccc2)cc1)[C@@H]1CC(=O)N(c2ccc(Br)cc2)C1. The second kappa shape index (κ2) is 10.2. The van der Waals surface area contributed by atoms with E-state index in [0.717, 1.165) is 27.0 Å². The van der Waals surface area contributed by atoms with Gasteiger partial charge in [0.15, 0.2) is 0 Å². The highest BCUT2D eigenvalue weighted by atomic mass is 79.9. The molecular formula is C25H22BrN3O3. The molecular weight excluding hydrogens is 470 g/mol. The number of hydrogen-bond donors (Lipinski definition) is 1. The summed E-state index contributed by atoms with van der Waals surface area (Å²) in [5, 5.41) is 4.04. The third kappa shape index (κ3) is 5.62. The number of hydrazone groups is 1. The Hall–Kier alpha value is -3.45. The lowest BCUT2D eigenvalue weighted by atomic mass is 10.1. The molecule has 1 atom stereocenters. The molecule has 6 nitrogen and oxygen atoms in total. The van der Waals surface area contributed by atoms with Gasteiger partial charge in [-0.05, 0) is 59.7 Å². The van der Waals surface area contributed by atoms with Gasteiger partial charge in [-0.25, -0.2) is 5.43 Å². The highest BCUT2D eigenvalue weighted by Crippen LogP contribution is 2.26. The van der Waals surface area contributed by atoms with Crippen molar-refractivity contribution in [1.29, 1.82) is 0 Å². The number of amides is 2. The maximum absolute atomic E-state index is 12.5. The van der Waals surface area contributed by atoms with Gasteiger partial charge in [-0.3, -0.25) is 9.59 Å². The summed E-state index contributed by atoms with van der Waals surface area (Å²) in [7, 11) is 0. The fourth-order valence-electron chi connectivity index (χ4n) is 3.41. The number of carbonyl (C=O) groups is 2. The number of nitrogens with one attached hydrogen (secondary N) is 1. The number of nitrogens with zero attached hydrogens (tertiary/aromatic N) is 2. The van der Waals surface area contributed by atoms with E-state index >= 15 is 0 Å². The number of anilines is 1. The fraction of sp³-hybridized carbons (Fsp3) is 0.160. The van der Waals surface area contributed by atoms with Gasteiger partial charge in [-0.2, -0.15) is 5.10 Å². The molecule has 0 radical (unpaired) electrons. The third-order valence-corrected chi connectivity index (χ3v) is 5.68. The first-order valence-electron chi connectivity index (χ1n) is 10.2. The zero-order valence-electron chi connectivity index (χ0n) is 17.3. The molecule has 4 rings (SSSR count). The van der Waals surface area contributed by atoms with E-state index in [1.165, 1.54) is 0 Å². The summed E-state index contributed by atoms with van der Waals surface area (Å²) < 4.78 is 6.70. The Morgan fingerprint density at radius 3 is 2.50 bits per heavy atom. The molecule has 3 aromatic carbocycles. The van der Waals surface area contributed by atoms with Crippen LogP contribution in [-0.4, -0.2) is 24.6 Å². The van der Waals surface area contributed by atoms with Gasteiger partial charge < -0.3 is 9.64 Å². The van der Waals surface area contributed by atoms with Crippen molar-refractivity contribution in [3.05, 3.63) is 94.5 Å². The van der Waals surface area contributed by atoms with Gasteiger partial charge in [0.25, 0.3) is 0 Å². The Kier molecular flexibility index (Phi) is 6.97. The summed E-state index contributed by atoms with van der Waals surface area (Å²) in [6.45, 7) is 0.844. The molecule has 0 unspecified atom stereocenters. The molecule has 0 aromatic heterocycles. The van der Waals surface area contributed by atoms with Gasteiger partial charge in [-0.1, -0.05) is 46.3 Å². The molecule has 1 heterocycles. The first-order chi connectivity index (χ1) is 15.6. The van der Waals surface area contributed by atoms with E-state index in [2.05, 4.69) is 26.5 Å². The van der Waals surface area contributed by atoms with Crippen LogP contribution in [0.1, 0.15) is 17.5 Å². The van der Waals surface area contributed by atoms with Gasteiger partial charge >= 0.3 is 0 Å². The van der Waals surface area contributed by atoms with E-state index in [0.29, 0.717) is 13.2 Å². The Balaban J connectivity index is 1.27. The second-order valence-electron chi connectivity index (χ2n) is 7.46. The van der Waals surface area contributed by atoms with Crippen molar-refractivity contribution in [1.82, 2.24) is 5.43 Å². The highest BCUT2D eigenvalue weighted by Gasteiger charge is 2.35. The quantitative estimate of drug-likeness (QED) is 0.389. The van der Waals surface area contributed by atoms with Crippen molar-refractivity contribution in [3.8, 4) is 5.75 Å². The van der Waals surface area contributed by atoms with Crippen LogP contribution in [0.25, 0.3) is 0 Å². The van der Waals surface area contributed by atoms with Crippen LogP contribution in [0.3, 0.4) is 0 Å². The number of rotatable bonds is 7. The van der Waals surface area contributed by atoms with Crippen molar-refractivity contribution in [2.45, 2.75) is 13.0 Å². The second-order valence-corrected chi connectivity index (χ2v) is 8.38. The summed E-state index contributed by atoms with van der Waals surface area (Å²) in [6.07, 6.45) is 1.74. The van der Waals surface area contributed by atoms with Crippen LogP contribution >= 0.6 is 15.9 Å². The molecule has 32 heavy (non-hydrogen) atoms. The summed E-state index contributed by atoms with van der Waals surface area (Å²) in [5.74, 6) is -0.0100. The molecule has 1 aliphatic heterocycles. The normalized spacial score (nSPS) is 15.8. The van der Waals surface area contributed by atoms with Crippen LogP contribution in [-0.2, 0) is 16.2 Å². The van der Waals surface area contributed by atoms with E-state index in [-0.39, 0.29) is 18.2 Å². The first kappa shape index (κ1) is 21.8. The highest BCUT2D eigenvalue weighted by molar-refractivity contribution is 9.10. The van der Waals surface area contributed by atoms with Crippen LogP contribution < -0.4 is 15.1 Å². The van der Waals surface area contributed by atoms with E-state index in [4.69, 9.17) is 4.74 Å². The van der Waals surface area contributed by atoms with Crippen LogP contribution in [0.2, 0.25) is 0 Å². The van der Waals surface area contributed by atoms with Crippen LogP contribution in [0.4, 0.5) is 5.69 Å². The molecule has 2 amide bonds. The molecule has 3 aromatic rings. The first-order valence-corrected chi connectivity index (χ1v) is 11.0. The number of ether oxygens (including phenoxy) is 1. The minimum absolute atomic E-state index is 0.0671. The third-order valence-electron chi connectivity index (χ3n) is 5.15.